The third kappa shape index (κ3) is 3.48. The average Bonchev–Trinajstić information content (AvgIpc) is 2.70. The zero-order valence-electron chi connectivity index (χ0n) is 19.1. The van der Waals surface area contributed by atoms with Gasteiger partial charge in [0.15, 0.2) is 0 Å². The zero-order chi connectivity index (χ0) is 22.0. The molecule has 0 amide bonds. The van der Waals surface area contributed by atoms with E-state index < -0.39 is 0 Å². The molecular formula is C26H32O5. The molecule has 5 heteroatoms. The number of phenols is 1. The van der Waals surface area contributed by atoms with Gasteiger partial charge in [0, 0.05) is 34.2 Å². The van der Waals surface area contributed by atoms with Crippen LogP contribution in [-0.2, 0) is 19.3 Å². The molecule has 2 aromatic rings. The van der Waals surface area contributed by atoms with E-state index in [-0.39, 0.29) is 17.1 Å². The molecule has 5 rings (SSSR count). The van der Waals surface area contributed by atoms with Crippen molar-refractivity contribution < 1.29 is 24.1 Å². The SMILES string of the molecule is COc1c2c(cc3c1CCC(C)(C)O3)OC[C@@H](c1ccc(O)c3c1OC(C)(C)CC3)C2. The van der Waals surface area contributed by atoms with Gasteiger partial charge in [0.1, 0.15) is 39.9 Å². The Hall–Kier alpha value is -2.56. The van der Waals surface area contributed by atoms with Gasteiger partial charge in [-0.3, -0.25) is 0 Å². The van der Waals surface area contributed by atoms with Crippen molar-refractivity contribution in [2.45, 2.75) is 76.9 Å². The van der Waals surface area contributed by atoms with Gasteiger partial charge < -0.3 is 24.1 Å². The van der Waals surface area contributed by atoms with Gasteiger partial charge in [-0.05, 0) is 65.9 Å². The lowest BCUT2D eigenvalue weighted by molar-refractivity contribution is 0.0798. The fourth-order valence-electron chi connectivity index (χ4n) is 5.14. The quantitative estimate of drug-likeness (QED) is 0.706. The van der Waals surface area contributed by atoms with E-state index in [1.807, 2.05) is 12.1 Å². The highest BCUT2D eigenvalue weighted by atomic mass is 16.5. The molecule has 166 valence electrons. The number of aromatic hydroxyl groups is 1. The van der Waals surface area contributed by atoms with Gasteiger partial charge in [-0.1, -0.05) is 6.07 Å². The van der Waals surface area contributed by atoms with E-state index in [2.05, 4.69) is 27.7 Å². The largest absolute Gasteiger partial charge is 0.508 e. The highest BCUT2D eigenvalue weighted by Crippen LogP contribution is 2.50. The Bertz CT molecular complexity index is 1040. The molecule has 0 saturated carbocycles. The van der Waals surface area contributed by atoms with Crippen LogP contribution >= 0.6 is 0 Å². The molecule has 0 unspecified atom stereocenters. The standard InChI is InChI=1S/C26H32O5/c1-25(2)11-9-18-22(30-25)13-21-19(23(18)28-5)12-15(14-29-21)16-6-7-20(27)17-8-10-26(3,4)31-24(16)17/h6-7,13,15,27H,8-12,14H2,1-5H3/t15-/m0/s1. The molecule has 0 fully saturated rings. The molecule has 2 aromatic carbocycles. The number of rotatable bonds is 2. The predicted molar refractivity (Wildman–Crippen MR) is 119 cm³/mol. The van der Waals surface area contributed by atoms with E-state index in [1.165, 1.54) is 0 Å². The van der Waals surface area contributed by atoms with Crippen LogP contribution in [0.5, 0.6) is 28.7 Å². The highest BCUT2D eigenvalue weighted by Gasteiger charge is 2.36. The zero-order valence-corrected chi connectivity index (χ0v) is 19.1. The summed E-state index contributed by atoms with van der Waals surface area (Å²) in [6.45, 7) is 9.00. The molecule has 3 aliphatic heterocycles. The average molecular weight is 425 g/mol. The normalized spacial score (nSPS) is 22.7. The molecule has 5 nitrogen and oxygen atoms in total. The fraction of sp³-hybridized carbons (Fsp3) is 0.538. The molecule has 1 N–H and O–H groups in total. The van der Waals surface area contributed by atoms with Gasteiger partial charge in [0.25, 0.3) is 0 Å². The molecule has 3 heterocycles. The lowest BCUT2D eigenvalue weighted by Gasteiger charge is -2.37. The number of fused-ring (bicyclic) bond motifs is 3. The number of benzene rings is 2. The summed E-state index contributed by atoms with van der Waals surface area (Å²) in [5, 5.41) is 10.4. The van der Waals surface area contributed by atoms with Gasteiger partial charge in [0.05, 0.1) is 13.7 Å². The second-order valence-corrected chi connectivity index (χ2v) is 10.3. The maximum Gasteiger partial charge on any atom is 0.132 e. The van der Waals surface area contributed by atoms with Gasteiger partial charge in [-0.25, -0.2) is 0 Å². The first-order chi connectivity index (χ1) is 14.7. The number of hydrogen-bond acceptors (Lipinski definition) is 5. The van der Waals surface area contributed by atoms with Crippen molar-refractivity contribution in [3.63, 3.8) is 0 Å². The third-order valence-electron chi connectivity index (χ3n) is 6.92. The van der Waals surface area contributed by atoms with Crippen LogP contribution in [-0.4, -0.2) is 30.0 Å². The summed E-state index contributed by atoms with van der Waals surface area (Å²) in [6, 6.07) is 5.83. The summed E-state index contributed by atoms with van der Waals surface area (Å²) in [5.74, 6) is 3.88. The Morgan fingerprint density at radius 2 is 1.65 bits per heavy atom. The van der Waals surface area contributed by atoms with E-state index in [0.717, 1.165) is 77.4 Å². The van der Waals surface area contributed by atoms with Crippen molar-refractivity contribution in [2.24, 2.45) is 0 Å². The minimum atomic E-state index is -0.246. The Morgan fingerprint density at radius 1 is 0.935 bits per heavy atom. The smallest absolute Gasteiger partial charge is 0.132 e. The molecular weight excluding hydrogens is 392 g/mol. The monoisotopic (exact) mass is 424 g/mol. The summed E-state index contributed by atoms with van der Waals surface area (Å²) < 4.78 is 24.8. The second-order valence-electron chi connectivity index (χ2n) is 10.3. The molecule has 31 heavy (non-hydrogen) atoms. The van der Waals surface area contributed by atoms with Crippen LogP contribution in [0.3, 0.4) is 0 Å². The van der Waals surface area contributed by atoms with Crippen LogP contribution in [0.25, 0.3) is 0 Å². The van der Waals surface area contributed by atoms with E-state index in [4.69, 9.17) is 18.9 Å². The molecule has 0 aliphatic carbocycles. The molecule has 0 bridgehead atoms. The third-order valence-corrected chi connectivity index (χ3v) is 6.92. The summed E-state index contributed by atoms with van der Waals surface area (Å²) in [6.07, 6.45) is 4.38. The Morgan fingerprint density at radius 3 is 2.39 bits per heavy atom. The van der Waals surface area contributed by atoms with Gasteiger partial charge in [-0.2, -0.15) is 0 Å². The predicted octanol–water partition coefficient (Wildman–Crippen LogP) is 5.33. The van der Waals surface area contributed by atoms with Gasteiger partial charge in [-0.15, -0.1) is 0 Å². The summed E-state index contributed by atoms with van der Waals surface area (Å²) in [4.78, 5) is 0. The number of ether oxygens (including phenoxy) is 4. The van der Waals surface area contributed by atoms with Crippen molar-refractivity contribution >= 4 is 0 Å². The minimum Gasteiger partial charge on any atom is -0.508 e. The van der Waals surface area contributed by atoms with Crippen LogP contribution in [0.15, 0.2) is 18.2 Å². The number of phenolic OH excluding ortho intramolecular Hbond substituents is 1. The second kappa shape index (κ2) is 6.98. The minimum absolute atomic E-state index is 0.128. The first kappa shape index (κ1) is 20.3. The lowest BCUT2D eigenvalue weighted by atomic mass is 9.83. The topological polar surface area (TPSA) is 57.2 Å². The lowest BCUT2D eigenvalue weighted by Crippen LogP contribution is -2.34. The van der Waals surface area contributed by atoms with E-state index >= 15 is 0 Å². The van der Waals surface area contributed by atoms with E-state index in [1.54, 1.807) is 13.2 Å². The van der Waals surface area contributed by atoms with Crippen molar-refractivity contribution in [3.05, 3.63) is 40.5 Å². The van der Waals surface area contributed by atoms with E-state index in [9.17, 15) is 5.11 Å². The summed E-state index contributed by atoms with van der Waals surface area (Å²) in [7, 11) is 1.73. The Balaban J connectivity index is 1.54. The van der Waals surface area contributed by atoms with Crippen LogP contribution in [0.4, 0.5) is 0 Å². The van der Waals surface area contributed by atoms with Crippen LogP contribution < -0.4 is 18.9 Å². The van der Waals surface area contributed by atoms with Crippen molar-refractivity contribution in [1.29, 1.82) is 0 Å². The van der Waals surface area contributed by atoms with Gasteiger partial charge in [0.2, 0.25) is 0 Å². The fourth-order valence-corrected chi connectivity index (χ4v) is 5.14. The van der Waals surface area contributed by atoms with E-state index in [0.29, 0.717) is 12.4 Å². The van der Waals surface area contributed by atoms with Gasteiger partial charge >= 0.3 is 0 Å². The number of methoxy groups -OCH3 is 1. The highest BCUT2D eigenvalue weighted by molar-refractivity contribution is 5.60. The number of hydrogen-bond donors (Lipinski definition) is 1. The molecule has 1 atom stereocenters. The molecule has 3 aliphatic rings. The van der Waals surface area contributed by atoms with Crippen LogP contribution in [0.2, 0.25) is 0 Å². The van der Waals surface area contributed by atoms with Crippen molar-refractivity contribution in [1.82, 2.24) is 0 Å². The Kier molecular flexibility index (Phi) is 4.58. The van der Waals surface area contributed by atoms with Crippen LogP contribution in [0, 0.1) is 0 Å². The Labute approximate surface area is 184 Å². The maximum absolute atomic E-state index is 10.4. The van der Waals surface area contributed by atoms with Crippen molar-refractivity contribution in [2.75, 3.05) is 13.7 Å². The summed E-state index contributed by atoms with van der Waals surface area (Å²) in [5.41, 5.74) is 3.81. The first-order valence-electron chi connectivity index (χ1n) is 11.3. The maximum atomic E-state index is 10.4. The first-order valence-corrected chi connectivity index (χ1v) is 11.3. The molecule has 0 radical (unpaired) electrons. The molecule has 0 aromatic heterocycles. The van der Waals surface area contributed by atoms with Crippen LogP contribution in [0.1, 0.15) is 68.7 Å². The summed E-state index contributed by atoms with van der Waals surface area (Å²) >= 11 is 0. The van der Waals surface area contributed by atoms with Crippen molar-refractivity contribution in [3.8, 4) is 28.7 Å². The molecule has 0 spiro atoms. The molecule has 0 saturated heterocycles.